The molecule has 0 amide bonds. The lowest BCUT2D eigenvalue weighted by Crippen LogP contribution is -2.20. The number of halogens is 4. The maximum absolute atomic E-state index is 13.3. The van der Waals surface area contributed by atoms with Gasteiger partial charge in [-0.1, -0.05) is 12.1 Å². The number of hydrogen-bond acceptors (Lipinski definition) is 1. The summed E-state index contributed by atoms with van der Waals surface area (Å²) in [4.78, 5) is 0. The third-order valence-electron chi connectivity index (χ3n) is 1.80. The highest BCUT2D eigenvalue weighted by Crippen LogP contribution is 2.35. The van der Waals surface area contributed by atoms with Gasteiger partial charge >= 0.3 is 0 Å². The number of nitrogens with two attached hydrogens (primary N) is 1. The molecule has 0 spiro atoms. The Balaban J connectivity index is 3.12. The largest absolute Gasteiger partial charge is 0.330 e. The van der Waals surface area contributed by atoms with Crippen LogP contribution in [-0.4, -0.2) is 6.54 Å². The second-order valence-corrected chi connectivity index (χ2v) is 3.70. The van der Waals surface area contributed by atoms with Gasteiger partial charge in [-0.25, -0.2) is 13.2 Å². The van der Waals surface area contributed by atoms with Crippen LogP contribution in [0.15, 0.2) is 22.7 Å². The van der Waals surface area contributed by atoms with Crippen LogP contribution in [0.3, 0.4) is 0 Å². The molecule has 14 heavy (non-hydrogen) atoms. The monoisotopic (exact) mass is 267 g/mol. The van der Waals surface area contributed by atoms with Crippen molar-refractivity contribution in [1.29, 1.82) is 0 Å². The van der Waals surface area contributed by atoms with Crippen LogP contribution in [0.5, 0.6) is 0 Å². The molecule has 78 valence electrons. The molecular weight excluding hydrogens is 259 g/mol. The van der Waals surface area contributed by atoms with Gasteiger partial charge < -0.3 is 5.73 Å². The van der Waals surface area contributed by atoms with Crippen LogP contribution in [-0.2, 0) is 5.92 Å². The Morgan fingerprint density at radius 3 is 2.57 bits per heavy atom. The molecule has 0 saturated carbocycles. The van der Waals surface area contributed by atoms with E-state index < -0.39 is 23.7 Å². The standard InChI is InChI=1S/C9H9BrF3N/c10-7-3-1-2-6(8(7)11)9(12,13)4-5-14/h1-3H,4-5,14H2. The fourth-order valence-electron chi connectivity index (χ4n) is 1.10. The molecular formula is C9H9BrF3N. The van der Waals surface area contributed by atoms with E-state index in [4.69, 9.17) is 5.73 Å². The second-order valence-electron chi connectivity index (χ2n) is 2.84. The maximum atomic E-state index is 13.3. The van der Waals surface area contributed by atoms with Crippen molar-refractivity contribution in [3.8, 4) is 0 Å². The van der Waals surface area contributed by atoms with E-state index in [-0.39, 0.29) is 11.0 Å². The van der Waals surface area contributed by atoms with Crippen LogP contribution in [0.2, 0.25) is 0 Å². The van der Waals surface area contributed by atoms with Crippen molar-refractivity contribution in [1.82, 2.24) is 0 Å². The van der Waals surface area contributed by atoms with Crippen molar-refractivity contribution >= 4 is 15.9 Å². The highest BCUT2D eigenvalue weighted by Gasteiger charge is 2.33. The molecule has 0 fully saturated rings. The van der Waals surface area contributed by atoms with Gasteiger partial charge in [0.25, 0.3) is 5.92 Å². The molecule has 0 unspecified atom stereocenters. The molecule has 0 atom stereocenters. The zero-order chi connectivity index (χ0) is 10.8. The lowest BCUT2D eigenvalue weighted by molar-refractivity contribution is -0.0142. The molecule has 0 radical (unpaired) electrons. The molecule has 0 aliphatic carbocycles. The summed E-state index contributed by atoms with van der Waals surface area (Å²) in [5.74, 6) is -4.13. The molecule has 5 heteroatoms. The van der Waals surface area contributed by atoms with E-state index in [0.29, 0.717) is 0 Å². The van der Waals surface area contributed by atoms with Crippen LogP contribution >= 0.6 is 15.9 Å². The molecule has 0 saturated heterocycles. The van der Waals surface area contributed by atoms with Gasteiger partial charge in [0.05, 0.1) is 10.0 Å². The molecule has 0 aliphatic rings. The van der Waals surface area contributed by atoms with E-state index in [2.05, 4.69) is 15.9 Å². The molecule has 0 aromatic heterocycles. The maximum Gasteiger partial charge on any atom is 0.277 e. The van der Waals surface area contributed by atoms with Gasteiger partial charge in [-0.3, -0.25) is 0 Å². The van der Waals surface area contributed by atoms with E-state index in [1.807, 2.05) is 0 Å². The van der Waals surface area contributed by atoms with Crippen molar-refractivity contribution in [2.75, 3.05) is 6.54 Å². The molecule has 1 rings (SSSR count). The zero-order valence-corrected chi connectivity index (χ0v) is 8.82. The van der Waals surface area contributed by atoms with Crippen molar-refractivity contribution in [3.63, 3.8) is 0 Å². The predicted molar refractivity (Wildman–Crippen MR) is 51.7 cm³/mol. The van der Waals surface area contributed by atoms with Gasteiger partial charge in [-0.15, -0.1) is 0 Å². The Morgan fingerprint density at radius 2 is 2.00 bits per heavy atom. The minimum atomic E-state index is -3.21. The first kappa shape index (κ1) is 11.5. The summed E-state index contributed by atoms with van der Waals surface area (Å²) < 4.78 is 39.8. The molecule has 1 aromatic carbocycles. The van der Waals surface area contributed by atoms with E-state index in [9.17, 15) is 13.2 Å². The van der Waals surface area contributed by atoms with E-state index in [0.717, 1.165) is 6.07 Å². The Bertz CT molecular complexity index is 328. The normalized spacial score (nSPS) is 11.8. The average Bonchev–Trinajstić information content (AvgIpc) is 2.09. The van der Waals surface area contributed by atoms with Crippen LogP contribution in [0.25, 0.3) is 0 Å². The summed E-state index contributed by atoms with van der Waals surface area (Å²) in [6, 6.07) is 3.81. The predicted octanol–water partition coefficient (Wildman–Crippen LogP) is 3.03. The molecule has 0 heterocycles. The fraction of sp³-hybridized carbons (Fsp3) is 0.333. The third kappa shape index (κ3) is 2.27. The minimum Gasteiger partial charge on any atom is -0.330 e. The Kier molecular flexibility index (Phi) is 3.55. The summed E-state index contributed by atoms with van der Waals surface area (Å²) in [5, 5.41) is 0. The fourth-order valence-corrected chi connectivity index (χ4v) is 1.47. The van der Waals surface area contributed by atoms with Gasteiger partial charge in [0.2, 0.25) is 0 Å². The van der Waals surface area contributed by atoms with Gasteiger partial charge in [0.15, 0.2) is 0 Å². The molecule has 0 aliphatic heterocycles. The quantitative estimate of drug-likeness (QED) is 0.895. The van der Waals surface area contributed by atoms with E-state index in [1.54, 1.807) is 0 Å². The first-order valence-electron chi connectivity index (χ1n) is 4.01. The SMILES string of the molecule is NCCC(F)(F)c1cccc(Br)c1F. The third-order valence-corrected chi connectivity index (χ3v) is 2.42. The number of alkyl halides is 2. The van der Waals surface area contributed by atoms with Gasteiger partial charge in [-0.2, -0.15) is 0 Å². The number of rotatable bonds is 3. The number of hydrogen-bond donors (Lipinski definition) is 1. The highest BCUT2D eigenvalue weighted by atomic mass is 79.9. The van der Waals surface area contributed by atoms with Crippen LogP contribution in [0.1, 0.15) is 12.0 Å². The van der Waals surface area contributed by atoms with Crippen LogP contribution in [0.4, 0.5) is 13.2 Å². The summed E-state index contributed by atoms with van der Waals surface area (Å²) >= 11 is 2.85. The lowest BCUT2D eigenvalue weighted by atomic mass is 10.1. The van der Waals surface area contributed by atoms with Crippen molar-refractivity contribution in [3.05, 3.63) is 34.1 Å². The average molecular weight is 268 g/mol. The molecule has 2 N–H and O–H groups in total. The number of benzene rings is 1. The Labute approximate surface area is 88.2 Å². The van der Waals surface area contributed by atoms with Crippen molar-refractivity contribution in [2.24, 2.45) is 5.73 Å². The lowest BCUT2D eigenvalue weighted by Gasteiger charge is -2.16. The highest BCUT2D eigenvalue weighted by molar-refractivity contribution is 9.10. The minimum absolute atomic E-state index is 0.0340. The first-order chi connectivity index (χ1) is 6.49. The molecule has 1 aromatic rings. The zero-order valence-electron chi connectivity index (χ0n) is 7.24. The second kappa shape index (κ2) is 4.31. The summed E-state index contributed by atoms with van der Waals surface area (Å²) in [5.41, 5.74) is 4.41. The first-order valence-corrected chi connectivity index (χ1v) is 4.80. The van der Waals surface area contributed by atoms with Crippen LogP contribution in [0, 0.1) is 5.82 Å². The van der Waals surface area contributed by atoms with Gasteiger partial charge in [0, 0.05) is 6.42 Å². The summed E-state index contributed by atoms with van der Waals surface area (Å²) in [6.45, 7) is -0.182. The van der Waals surface area contributed by atoms with Crippen molar-refractivity contribution in [2.45, 2.75) is 12.3 Å². The van der Waals surface area contributed by atoms with Crippen molar-refractivity contribution < 1.29 is 13.2 Å². The Morgan fingerprint density at radius 1 is 1.36 bits per heavy atom. The smallest absolute Gasteiger partial charge is 0.277 e. The van der Waals surface area contributed by atoms with E-state index >= 15 is 0 Å². The topological polar surface area (TPSA) is 26.0 Å². The summed E-state index contributed by atoms with van der Waals surface area (Å²) in [6.07, 6.45) is -0.555. The van der Waals surface area contributed by atoms with Gasteiger partial charge in [0.1, 0.15) is 5.82 Å². The van der Waals surface area contributed by atoms with E-state index in [1.165, 1.54) is 12.1 Å². The molecule has 1 nitrogen and oxygen atoms in total. The Hall–Kier alpha value is -0.550. The summed E-state index contributed by atoms with van der Waals surface area (Å²) in [7, 11) is 0. The molecule has 0 bridgehead atoms. The van der Waals surface area contributed by atoms with Gasteiger partial charge in [-0.05, 0) is 28.5 Å². The van der Waals surface area contributed by atoms with Crippen LogP contribution < -0.4 is 5.73 Å².